The van der Waals surface area contributed by atoms with E-state index in [-0.39, 0.29) is 53.8 Å². The molecule has 8 aliphatic rings. The van der Waals surface area contributed by atoms with Crippen LogP contribution in [0.5, 0.6) is 0 Å². The number of allylic oxidation sites excluding steroid dienone is 1. The zero-order chi connectivity index (χ0) is 45.5. The first-order chi connectivity index (χ1) is 29.7. The van der Waals surface area contributed by atoms with E-state index in [0.29, 0.717) is 37.5 Å². The summed E-state index contributed by atoms with van der Waals surface area (Å²) in [6, 6.07) is 0. The third kappa shape index (κ3) is 8.61. The molecule has 0 radical (unpaired) electrons. The molecule has 4 aliphatic carbocycles. The van der Waals surface area contributed by atoms with Crippen LogP contribution in [0.1, 0.15) is 79.1 Å². The van der Waals surface area contributed by atoms with Crippen LogP contribution in [0.15, 0.2) is 11.6 Å². The van der Waals surface area contributed by atoms with E-state index >= 15 is 0 Å². The number of hydrogen-bond acceptors (Lipinski definition) is 19. The maximum absolute atomic E-state index is 12.0. The quantitative estimate of drug-likeness (QED) is 0.0921. The standard InChI is InChI=1S/C44H72O19/c1-18(15-57-40-37(54)34(51)32(49)28(14-45)61-40)7-10-44(56)19(2)30-27(63-44)12-23-21-6-5-20-11-26(24(46)13-43(20,4)22(21)8-9-42(23,30)3)60-41-38(55)35(52)33(50)29(62-41)17-59-39-36(53)31(48)25(47)16-58-39/h5,18-19,21-41,45-56H,6-17H2,1-4H3/t18-,19+,21-,22+,23+,24-,25-,26-,27+,28-,29-,30+,31+,32-,33-,34+,35+,36-,37-,38-,39+,40-,41-,42+,43+,44-/m1/s1. The Hall–Kier alpha value is -1.02. The molecular formula is C44H72O19. The van der Waals surface area contributed by atoms with Crippen LogP contribution in [0.3, 0.4) is 0 Å². The first-order valence-electron chi connectivity index (χ1n) is 23.0. The summed E-state index contributed by atoms with van der Waals surface area (Å²) in [6.45, 7) is 7.54. The summed E-state index contributed by atoms with van der Waals surface area (Å²) in [5.41, 5.74) is 0.773. The minimum absolute atomic E-state index is 0.0707. The normalized spacial score (nSPS) is 55.0. The van der Waals surface area contributed by atoms with Gasteiger partial charge in [-0.1, -0.05) is 39.3 Å². The highest BCUT2D eigenvalue weighted by molar-refractivity contribution is 5.27. The largest absolute Gasteiger partial charge is 0.394 e. The second-order valence-electron chi connectivity index (χ2n) is 20.8. The van der Waals surface area contributed by atoms with Crippen molar-refractivity contribution in [1.29, 1.82) is 0 Å². The van der Waals surface area contributed by atoms with E-state index in [4.69, 9.17) is 33.2 Å². The van der Waals surface area contributed by atoms with Crippen LogP contribution in [-0.4, -0.2) is 198 Å². The third-order valence-corrected chi connectivity index (χ3v) is 17.0. The molecule has 4 aliphatic heterocycles. The van der Waals surface area contributed by atoms with Crippen LogP contribution in [0.25, 0.3) is 0 Å². The van der Waals surface area contributed by atoms with Crippen LogP contribution in [0, 0.1) is 46.3 Å². The van der Waals surface area contributed by atoms with Crippen molar-refractivity contribution < 1.29 is 94.4 Å². The van der Waals surface area contributed by atoms with Gasteiger partial charge in [0.15, 0.2) is 24.7 Å². The van der Waals surface area contributed by atoms with Crippen molar-refractivity contribution in [3.05, 3.63) is 11.6 Å². The molecular weight excluding hydrogens is 832 g/mol. The van der Waals surface area contributed by atoms with Gasteiger partial charge in [-0.05, 0) is 85.4 Å². The van der Waals surface area contributed by atoms with Crippen LogP contribution in [-0.2, 0) is 33.2 Å². The van der Waals surface area contributed by atoms with E-state index in [2.05, 4.69) is 26.8 Å². The van der Waals surface area contributed by atoms with Gasteiger partial charge in [-0.2, -0.15) is 0 Å². The van der Waals surface area contributed by atoms with Gasteiger partial charge in [0.2, 0.25) is 0 Å². The number of aliphatic hydroxyl groups is 12. The summed E-state index contributed by atoms with van der Waals surface area (Å²) < 4.78 is 40.8. The van der Waals surface area contributed by atoms with Crippen molar-refractivity contribution >= 4 is 0 Å². The van der Waals surface area contributed by atoms with E-state index in [9.17, 15) is 61.3 Å². The van der Waals surface area contributed by atoms with Crippen molar-refractivity contribution in [3.63, 3.8) is 0 Å². The van der Waals surface area contributed by atoms with Gasteiger partial charge in [0.25, 0.3) is 0 Å². The topological polar surface area (TPSA) is 307 Å². The Morgan fingerprint density at radius 3 is 2.17 bits per heavy atom. The summed E-state index contributed by atoms with van der Waals surface area (Å²) in [5, 5.41) is 126. The Bertz CT molecular complexity index is 1610. The minimum Gasteiger partial charge on any atom is -0.394 e. The van der Waals surface area contributed by atoms with Crippen LogP contribution in [0.4, 0.5) is 0 Å². The Morgan fingerprint density at radius 1 is 0.794 bits per heavy atom. The molecule has 0 amide bonds. The number of fused-ring (bicyclic) bond motifs is 7. The number of rotatable bonds is 12. The van der Waals surface area contributed by atoms with Gasteiger partial charge < -0.3 is 94.4 Å². The van der Waals surface area contributed by atoms with Gasteiger partial charge in [0, 0.05) is 12.3 Å². The van der Waals surface area contributed by atoms with Crippen molar-refractivity contribution in [2.24, 2.45) is 46.3 Å². The molecule has 0 unspecified atom stereocenters. The maximum Gasteiger partial charge on any atom is 0.187 e. The average molecular weight is 905 g/mol. The molecule has 0 bridgehead atoms. The minimum atomic E-state index is -1.68. The fourth-order valence-corrected chi connectivity index (χ4v) is 13.2. The van der Waals surface area contributed by atoms with E-state index in [1.54, 1.807) is 0 Å². The summed E-state index contributed by atoms with van der Waals surface area (Å²) >= 11 is 0. The summed E-state index contributed by atoms with van der Waals surface area (Å²) in [7, 11) is 0. The molecule has 7 fully saturated rings. The lowest BCUT2D eigenvalue weighted by atomic mass is 9.46. The molecule has 26 atom stereocenters. The highest BCUT2D eigenvalue weighted by atomic mass is 16.7. The van der Waals surface area contributed by atoms with Gasteiger partial charge in [-0.3, -0.25) is 0 Å². The third-order valence-electron chi connectivity index (χ3n) is 17.0. The molecule has 0 aromatic rings. The maximum atomic E-state index is 12.0. The first-order valence-corrected chi connectivity index (χ1v) is 23.0. The zero-order valence-corrected chi connectivity index (χ0v) is 36.6. The van der Waals surface area contributed by atoms with Gasteiger partial charge >= 0.3 is 0 Å². The van der Waals surface area contributed by atoms with E-state index < -0.39 is 117 Å². The second kappa shape index (κ2) is 18.5. The molecule has 4 heterocycles. The van der Waals surface area contributed by atoms with Crippen molar-refractivity contribution in [2.75, 3.05) is 26.4 Å². The smallest absolute Gasteiger partial charge is 0.187 e. The zero-order valence-electron chi connectivity index (χ0n) is 36.6. The fraction of sp³-hybridized carbons (Fsp3) is 0.955. The predicted molar refractivity (Wildman–Crippen MR) is 214 cm³/mol. The SMILES string of the molecule is C[C@H](CC[C@@]1(O)O[C@H]2C[C@H]3[C@@H]4CC=C5C[C@@H](O[C@@H]6O[C@H](CO[C@@H]7OC[C@@H](O)[C@H](O)[C@H]7O)[C@@H](O)[C@H](O)[C@H]6O)[C@H](O)C[C@]5(C)[C@H]4CC[C@]3(C)[C@H]2[C@@H]1C)CO[C@@H]1O[C@H](CO)[C@@H](O)[C@H](O)[C@H]1O. The predicted octanol–water partition coefficient (Wildman–Crippen LogP) is -2.25. The molecule has 19 heteroatoms. The van der Waals surface area contributed by atoms with E-state index in [1.165, 1.54) is 5.57 Å². The van der Waals surface area contributed by atoms with Gasteiger partial charge in [0.1, 0.15) is 67.1 Å². The fourth-order valence-electron chi connectivity index (χ4n) is 13.2. The molecule has 0 aromatic heterocycles. The highest BCUT2D eigenvalue weighted by Gasteiger charge is 2.68. The number of ether oxygens (including phenoxy) is 7. The van der Waals surface area contributed by atoms with Crippen molar-refractivity contribution in [3.8, 4) is 0 Å². The number of aliphatic hydroxyl groups excluding tert-OH is 11. The van der Waals surface area contributed by atoms with Gasteiger partial charge in [0.05, 0.1) is 44.7 Å². The van der Waals surface area contributed by atoms with Crippen LogP contribution in [0.2, 0.25) is 0 Å². The molecule has 4 saturated heterocycles. The second-order valence-corrected chi connectivity index (χ2v) is 20.8. The monoisotopic (exact) mass is 904 g/mol. The Morgan fingerprint density at radius 2 is 1.46 bits per heavy atom. The highest BCUT2D eigenvalue weighted by Crippen LogP contribution is 2.70. The molecule has 63 heavy (non-hydrogen) atoms. The lowest BCUT2D eigenvalue weighted by Crippen LogP contribution is -2.61. The first kappa shape index (κ1) is 48.4. The molecule has 362 valence electrons. The Balaban J connectivity index is 0.864. The summed E-state index contributed by atoms with van der Waals surface area (Å²) in [5.74, 6) is -0.418. The van der Waals surface area contributed by atoms with Crippen molar-refractivity contribution in [2.45, 2.75) is 189 Å². The van der Waals surface area contributed by atoms with Gasteiger partial charge in [-0.25, -0.2) is 0 Å². The van der Waals surface area contributed by atoms with Crippen molar-refractivity contribution in [1.82, 2.24) is 0 Å². The lowest BCUT2D eigenvalue weighted by molar-refractivity contribution is -0.333. The molecule has 19 nitrogen and oxygen atoms in total. The average Bonchev–Trinajstić information content (AvgIpc) is 3.69. The molecule has 0 aromatic carbocycles. The molecule has 12 N–H and O–H groups in total. The molecule has 8 rings (SSSR count). The summed E-state index contributed by atoms with van der Waals surface area (Å²) in [4.78, 5) is 0. The van der Waals surface area contributed by atoms with Crippen LogP contribution < -0.4 is 0 Å². The Labute approximate surface area is 367 Å². The Kier molecular flexibility index (Phi) is 14.2. The summed E-state index contributed by atoms with van der Waals surface area (Å²) in [6.07, 6.45) is -14.3. The van der Waals surface area contributed by atoms with Crippen LogP contribution >= 0.6 is 0 Å². The lowest BCUT2D eigenvalue weighted by Gasteiger charge is -2.59. The van der Waals surface area contributed by atoms with E-state index in [1.807, 2.05) is 6.92 Å². The van der Waals surface area contributed by atoms with E-state index in [0.717, 1.165) is 25.7 Å². The molecule has 3 saturated carbocycles. The van der Waals surface area contributed by atoms with Gasteiger partial charge in [-0.15, -0.1) is 0 Å². The molecule has 0 spiro atoms. The number of hydrogen-bond donors (Lipinski definition) is 12.